The van der Waals surface area contributed by atoms with Crippen molar-refractivity contribution in [2.24, 2.45) is 0 Å². The Morgan fingerprint density at radius 1 is 1.29 bits per heavy atom. The van der Waals surface area contributed by atoms with Gasteiger partial charge in [-0.05, 0) is 12.1 Å². The lowest BCUT2D eigenvalue weighted by Crippen LogP contribution is -2.37. The molecule has 1 aliphatic heterocycles. The summed E-state index contributed by atoms with van der Waals surface area (Å²) in [6.07, 6.45) is 2.67. The van der Waals surface area contributed by atoms with Crippen molar-refractivity contribution in [3.63, 3.8) is 0 Å². The van der Waals surface area contributed by atoms with Gasteiger partial charge >= 0.3 is 12.0 Å². The smallest absolute Gasteiger partial charge is 0.331 e. The number of nitrogens with zero attached hydrogens (tertiary/aromatic N) is 1. The summed E-state index contributed by atoms with van der Waals surface area (Å²) in [5.74, 6) is -0.254. The molecule has 0 spiro atoms. The average molecular weight is 334 g/mol. The van der Waals surface area contributed by atoms with Crippen LogP contribution in [0.25, 0.3) is 6.08 Å². The Labute approximate surface area is 139 Å². The van der Waals surface area contributed by atoms with E-state index in [0.29, 0.717) is 23.6 Å². The summed E-state index contributed by atoms with van der Waals surface area (Å²) in [4.78, 5) is 35.8. The zero-order valence-corrected chi connectivity index (χ0v) is 13.4. The van der Waals surface area contributed by atoms with E-state index in [4.69, 9.17) is 14.2 Å². The molecule has 0 radical (unpaired) electrons. The number of carbonyl (C=O) groups is 3. The first-order valence-electron chi connectivity index (χ1n) is 7.21. The van der Waals surface area contributed by atoms with Gasteiger partial charge in [-0.2, -0.15) is 0 Å². The van der Waals surface area contributed by atoms with Gasteiger partial charge < -0.3 is 19.5 Å². The molecule has 0 aliphatic carbocycles. The van der Waals surface area contributed by atoms with Crippen LogP contribution in [0.15, 0.2) is 24.3 Å². The summed E-state index contributed by atoms with van der Waals surface area (Å²) in [7, 11) is 3.01. The van der Waals surface area contributed by atoms with E-state index < -0.39 is 24.5 Å². The first-order chi connectivity index (χ1) is 11.6. The second kappa shape index (κ2) is 8.00. The lowest BCUT2D eigenvalue weighted by atomic mass is 10.1. The van der Waals surface area contributed by atoms with Gasteiger partial charge in [-0.1, -0.05) is 12.1 Å². The number of carbonyl (C=O) groups excluding carboxylic acids is 3. The van der Waals surface area contributed by atoms with Gasteiger partial charge in [0.05, 0.1) is 14.2 Å². The van der Waals surface area contributed by atoms with E-state index in [-0.39, 0.29) is 6.54 Å². The maximum absolute atomic E-state index is 11.7. The second-order valence-electron chi connectivity index (χ2n) is 4.80. The van der Waals surface area contributed by atoms with E-state index in [1.807, 2.05) is 0 Å². The lowest BCUT2D eigenvalue weighted by molar-refractivity contribution is -0.146. The number of rotatable bonds is 6. The third kappa shape index (κ3) is 4.03. The topological polar surface area (TPSA) is 94.2 Å². The van der Waals surface area contributed by atoms with Crippen LogP contribution in [-0.4, -0.2) is 56.7 Å². The molecule has 0 bridgehead atoms. The molecule has 1 fully saturated rings. The van der Waals surface area contributed by atoms with Crippen LogP contribution in [0.2, 0.25) is 0 Å². The molecule has 0 saturated carbocycles. The molecule has 8 heteroatoms. The highest BCUT2D eigenvalue weighted by molar-refractivity contribution is 5.97. The summed E-state index contributed by atoms with van der Waals surface area (Å²) in [6.45, 7) is 0.173. The quantitative estimate of drug-likeness (QED) is 0.611. The summed E-state index contributed by atoms with van der Waals surface area (Å²) in [5.41, 5.74) is 0.624. The number of benzene rings is 1. The largest absolute Gasteiger partial charge is 0.493 e. The second-order valence-corrected chi connectivity index (χ2v) is 4.80. The zero-order valence-electron chi connectivity index (χ0n) is 13.4. The van der Waals surface area contributed by atoms with Gasteiger partial charge in [-0.3, -0.25) is 9.69 Å². The molecule has 24 heavy (non-hydrogen) atoms. The first kappa shape index (κ1) is 17.3. The summed E-state index contributed by atoms with van der Waals surface area (Å²) in [5, 5.41) is 2.49. The van der Waals surface area contributed by atoms with Crippen molar-refractivity contribution in [1.82, 2.24) is 10.2 Å². The molecule has 1 aliphatic rings. The Bertz CT molecular complexity index is 671. The highest BCUT2D eigenvalue weighted by atomic mass is 16.5. The van der Waals surface area contributed by atoms with Gasteiger partial charge in [-0.25, -0.2) is 9.59 Å². The Morgan fingerprint density at radius 2 is 2.08 bits per heavy atom. The monoisotopic (exact) mass is 334 g/mol. The van der Waals surface area contributed by atoms with Crippen molar-refractivity contribution in [1.29, 1.82) is 0 Å². The van der Waals surface area contributed by atoms with Crippen molar-refractivity contribution >= 4 is 24.0 Å². The fourth-order valence-electron chi connectivity index (χ4n) is 2.17. The molecule has 0 aromatic heterocycles. The predicted molar refractivity (Wildman–Crippen MR) is 84.7 cm³/mol. The van der Waals surface area contributed by atoms with Gasteiger partial charge in [-0.15, -0.1) is 0 Å². The number of nitrogens with one attached hydrogen (secondary N) is 1. The fraction of sp³-hybridized carbons (Fsp3) is 0.312. The van der Waals surface area contributed by atoms with E-state index in [9.17, 15) is 14.4 Å². The zero-order chi connectivity index (χ0) is 17.5. The van der Waals surface area contributed by atoms with Crippen LogP contribution in [0.5, 0.6) is 11.5 Å². The van der Waals surface area contributed by atoms with E-state index >= 15 is 0 Å². The van der Waals surface area contributed by atoms with Crippen LogP contribution in [0.3, 0.4) is 0 Å². The van der Waals surface area contributed by atoms with Crippen LogP contribution in [0.4, 0.5) is 4.79 Å². The number of esters is 1. The Morgan fingerprint density at radius 3 is 2.71 bits per heavy atom. The van der Waals surface area contributed by atoms with Crippen LogP contribution in [0, 0.1) is 0 Å². The molecule has 1 aromatic carbocycles. The van der Waals surface area contributed by atoms with Crippen molar-refractivity contribution in [3.8, 4) is 11.5 Å². The number of hydrogen-bond acceptors (Lipinski definition) is 6. The maximum Gasteiger partial charge on any atom is 0.331 e. The molecule has 1 saturated heterocycles. The number of methoxy groups -OCH3 is 2. The van der Waals surface area contributed by atoms with E-state index in [1.165, 1.54) is 26.4 Å². The Kier molecular flexibility index (Phi) is 5.78. The van der Waals surface area contributed by atoms with Crippen LogP contribution in [0.1, 0.15) is 5.56 Å². The highest BCUT2D eigenvalue weighted by Crippen LogP contribution is 2.31. The standard InChI is InChI=1S/C16H18N2O6/c1-22-12-5-3-4-11(15(12)23-2)6-7-14(20)24-10-13(19)18-9-8-17-16(18)21/h3-7H,8-10H2,1-2H3,(H,17,21)/b7-6+. The SMILES string of the molecule is COc1cccc(/C=C/C(=O)OCC(=O)N2CCNC2=O)c1OC. The molecular formula is C16H18N2O6. The summed E-state index contributed by atoms with van der Waals surface area (Å²) in [6, 6.07) is 4.74. The van der Waals surface area contributed by atoms with Gasteiger partial charge in [0.1, 0.15) is 0 Å². The molecule has 3 amide bonds. The number of hydrogen-bond donors (Lipinski definition) is 1. The molecule has 2 rings (SSSR count). The van der Waals surface area contributed by atoms with Gasteiger partial charge in [0.2, 0.25) is 0 Å². The summed E-state index contributed by atoms with van der Waals surface area (Å²) >= 11 is 0. The number of amides is 3. The van der Waals surface area contributed by atoms with Crippen LogP contribution >= 0.6 is 0 Å². The molecule has 1 aromatic rings. The molecular weight excluding hydrogens is 316 g/mol. The first-order valence-corrected chi connectivity index (χ1v) is 7.21. The predicted octanol–water partition coefficient (Wildman–Crippen LogP) is 0.812. The van der Waals surface area contributed by atoms with Crippen molar-refractivity contribution in [3.05, 3.63) is 29.8 Å². The Balaban J connectivity index is 1.94. The molecule has 0 atom stereocenters. The minimum Gasteiger partial charge on any atom is -0.493 e. The number of para-hydroxylation sites is 1. The van der Waals surface area contributed by atoms with Crippen LogP contribution < -0.4 is 14.8 Å². The van der Waals surface area contributed by atoms with E-state index in [2.05, 4.69) is 5.32 Å². The number of imide groups is 1. The van der Waals surface area contributed by atoms with Gasteiger partial charge in [0.15, 0.2) is 18.1 Å². The lowest BCUT2D eigenvalue weighted by Gasteiger charge is -2.11. The fourth-order valence-corrected chi connectivity index (χ4v) is 2.17. The minimum atomic E-state index is -0.701. The minimum absolute atomic E-state index is 0.270. The molecule has 8 nitrogen and oxygen atoms in total. The number of urea groups is 1. The molecule has 128 valence electrons. The van der Waals surface area contributed by atoms with Crippen molar-refractivity contribution < 1.29 is 28.6 Å². The molecule has 1 N–H and O–H groups in total. The third-order valence-electron chi connectivity index (χ3n) is 3.33. The normalized spacial score (nSPS) is 13.8. The highest BCUT2D eigenvalue weighted by Gasteiger charge is 2.26. The Hall–Kier alpha value is -3.03. The third-order valence-corrected chi connectivity index (χ3v) is 3.33. The number of ether oxygens (including phenoxy) is 3. The van der Waals surface area contributed by atoms with Crippen LogP contribution in [-0.2, 0) is 14.3 Å². The van der Waals surface area contributed by atoms with Gasteiger partial charge in [0, 0.05) is 24.7 Å². The maximum atomic E-state index is 11.7. The average Bonchev–Trinajstić information content (AvgIpc) is 3.03. The summed E-state index contributed by atoms with van der Waals surface area (Å²) < 4.78 is 15.3. The van der Waals surface area contributed by atoms with E-state index in [0.717, 1.165) is 4.90 Å². The molecule has 0 unspecified atom stereocenters. The van der Waals surface area contributed by atoms with Gasteiger partial charge in [0.25, 0.3) is 5.91 Å². The van der Waals surface area contributed by atoms with Crippen molar-refractivity contribution in [2.75, 3.05) is 33.9 Å². The van der Waals surface area contributed by atoms with Crippen molar-refractivity contribution in [2.45, 2.75) is 0 Å². The molecule has 1 heterocycles. The van der Waals surface area contributed by atoms with E-state index in [1.54, 1.807) is 18.2 Å².